The fourth-order valence-electron chi connectivity index (χ4n) is 4.14. The molecule has 2 heterocycles. The van der Waals surface area contributed by atoms with Crippen molar-refractivity contribution in [1.29, 1.82) is 31.6 Å². The minimum Gasteiger partial charge on any atom is -0.237 e. The van der Waals surface area contributed by atoms with Crippen LogP contribution in [-0.2, 0) is 24.7 Å². The Labute approximate surface area is 257 Å². The van der Waals surface area contributed by atoms with Crippen molar-refractivity contribution in [3.05, 3.63) is 90.9 Å². The molecular formula is C28H4F12N8. The Morgan fingerprint density at radius 2 is 0.771 bits per heavy atom. The van der Waals surface area contributed by atoms with Gasteiger partial charge < -0.3 is 0 Å². The monoisotopic (exact) mass is 680 g/mol. The first-order chi connectivity index (χ1) is 22.1. The number of rotatable bonds is 2. The van der Waals surface area contributed by atoms with E-state index in [4.69, 9.17) is 0 Å². The summed E-state index contributed by atoms with van der Waals surface area (Å²) < 4.78 is 163. The molecule has 0 aliphatic rings. The molecule has 3 aromatic rings. The second-order valence-electron chi connectivity index (χ2n) is 8.91. The summed E-state index contributed by atoms with van der Waals surface area (Å²) in [5, 5.41) is 56.1. The fraction of sp³-hybridized carbons (Fsp3) is 0.143. The highest BCUT2D eigenvalue weighted by Crippen LogP contribution is 2.39. The van der Waals surface area contributed by atoms with Crippen molar-refractivity contribution in [1.82, 2.24) is 9.97 Å². The summed E-state index contributed by atoms with van der Waals surface area (Å²) in [6.45, 7) is 0. The van der Waals surface area contributed by atoms with Crippen molar-refractivity contribution in [3.63, 3.8) is 0 Å². The number of aromatic nitrogens is 2. The number of hydrogen-bond donors (Lipinski definition) is 0. The molecule has 0 amide bonds. The smallest absolute Gasteiger partial charge is 0.237 e. The van der Waals surface area contributed by atoms with Crippen LogP contribution in [0, 0.1) is 68.0 Å². The maximum Gasteiger partial charge on any atom is 0.434 e. The van der Waals surface area contributed by atoms with Gasteiger partial charge in [-0.3, -0.25) is 0 Å². The minimum atomic E-state index is -5.70. The molecule has 48 heavy (non-hydrogen) atoms. The Hall–Kier alpha value is -6.64. The lowest BCUT2D eigenvalue weighted by Gasteiger charge is -2.16. The number of hydrogen-bond acceptors (Lipinski definition) is 8. The van der Waals surface area contributed by atoms with E-state index in [0.717, 1.165) is 12.1 Å². The van der Waals surface area contributed by atoms with Crippen molar-refractivity contribution in [2.75, 3.05) is 0 Å². The van der Waals surface area contributed by atoms with Crippen LogP contribution in [0.25, 0.3) is 11.1 Å². The molecule has 0 atom stereocenters. The first-order valence-electron chi connectivity index (χ1n) is 11.8. The van der Waals surface area contributed by atoms with Gasteiger partial charge in [-0.1, -0.05) is 0 Å². The summed E-state index contributed by atoms with van der Waals surface area (Å²) in [5.74, 6) is 0. The molecule has 1 aromatic carbocycles. The first-order valence-corrected chi connectivity index (χ1v) is 11.8. The minimum absolute atomic E-state index is 0.131. The van der Waals surface area contributed by atoms with Crippen LogP contribution in [0.3, 0.4) is 0 Å². The van der Waals surface area contributed by atoms with E-state index in [1.54, 1.807) is 0 Å². The number of nitriles is 6. The van der Waals surface area contributed by atoms with E-state index in [1.807, 2.05) is 0 Å². The average molecular weight is 680 g/mol. The highest BCUT2D eigenvalue weighted by molar-refractivity contribution is 5.84. The van der Waals surface area contributed by atoms with E-state index in [9.17, 15) is 84.3 Å². The number of pyridine rings is 2. The van der Waals surface area contributed by atoms with Gasteiger partial charge in [0.05, 0.1) is 45.5 Å². The molecule has 0 bridgehead atoms. The van der Waals surface area contributed by atoms with Crippen LogP contribution in [0.15, 0.2) is 24.3 Å². The molecule has 0 radical (unpaired) electrons. The van der Waals surface area contributed by atoms with E-state index in [2.05, 4.69) is 9.97 Å². The van der Waals surface area contributed by atoms with Crippen molar-refractivity contribution in [3.8, 4) is 36.4 Å². The molecule has 0 unspecified atom stereocenters. The normalized spacial score (nSPS) is 13.1. The zero-order chi connectivity index (χ0) is 36.6. The average Bonchev–Trinajstić information content (AvgIpc) is 2.99. The summed E-state index contributed by atoms with van der Waals surface area (Å²) in [7, 11) is 0. The third-order valence-corrected chi connectivity index (χ3v) is 6.08. The Balaban J connectivity index is 2.72. The highest BCUT2D eigenvalue weighted by Gasteiger charge is 2.43. The Morgan fingerprint density at radius 3 is 0.979 bits per heavy atom. The van der Waals surface area contributed by atoms with Gasteiger partial charge in [-0.2, -0.15) is 84.3 Å². The Bertz CT molecular complexity index is 2090. The number of alkyl halides is 12. The standard InChI is InChI=1S/C28H4F12N8/c29-25(30,31)21-3-15(19(9-45)23(47-21)27(35,36)37)17(7-43)13-1-11(5-41)14(2-12(13)6-42)18(8-44)16-4-22(26(32,33)34)48-24(20(16)10-46)28(38,39)40/h1-4H/b17-13-,18-14+. The molecule has 0 spiro atoms. The van der Waals surface area contributed by atoms with Crippen molar-refractivity contribution in [2.45, 2.75) is 24.7 Å². The van der Waals surface area contributed by atoms with E-state index in [0.29, 0.717) is 12.1 Å². The second kappa shape index (κ2) is 12.3. The molecular weight excluding hydrogens is 676 g/mol. The van der Waals surface area contributed by atoms with Gasteiger partial charge in [-0.15, -0.1) is 0 Å². The van der Waals surface area contributed by atoms with E-state index >= 15 is 0 Å². The van der Waals surface area contributed by atoms with Gasteiger partial charge in [0, 0.05) is 21.6 Å². The van der Waals surface area contributed by atoms with Crippen LogP contribution in [-0.4, -0.2) is 9.97 Å². The lowest BCUT2D eigenvalue weighted by atomic mass is 9.91. The van der Waals surface area contributed by atoms with Crippen LogP contribution < -0.4 is 10.4 Å². The highest BCUT2D eigenvalue weighted by atomic mass is 19.4. The van der Waals surface area contributed by atoms with Crippen LogP contribution in [0.5, 0.6) is 0 Å². The predicted octanol–water partition coefficient (Wildman–Crippen LogP) is 5.48. The van der Waals surface area contributed by atoms with Crippen LogP contribution in [0.4, 0.5) is 52.7 Å². The maximum absolute atomic E-state index is 13.7. The number of nitrogens with zero attached hydrogens (tertiary/aromatic N) is 8. The molecule has 0 aliphatic heterocycles. The molecule has 0 aliphatic carbocycles. The van der Waals surface area contributed by atoms with Crippen molar-refractivity contribution in [2.24, 2.45) is 0 Å². The van der Waals surface area contributed by atoms with Gasteiger partial charge in [0.15, 0.2) is 11.4 Å². The summed E-state index contributed by atoms with van der Waals surface area (Å²) in [6.07, 6.45) is -22.6. The van der Waals surface area contributed by atoms with Gasteiger partial charge in [0.25, 0.3) is 0 Å². The molecule has 20 heteroatoms. The zero-order valence-corrected chi connectivity index (χ0v) is 22.4. The maximum atomic E-state index is 13.7. The number of halogens is 12. The molecule has 0 saturated carbocycles. The molecule has 0 fully saturated rings. The fourth-order valence-corrected chi connectivity index (χ4v) is 4.14. The topological polar surface area (TPSA) is 169 Å². The van der Waals surface area contributed by atoms with Crippen molar-refractivity contribution >= 4 is 11.1 Å². The molecule has 0 N–H and O–H groups in total. The second-order valence-corrected chi connectivity index (χ2v) is 8.91. The molecule has 0 saturated heterocycles. The van der Waals surface area contributed by atoms with Gasteiger partial charge in [0.2, 0.25) is 0 Å². The van der Waals surface area contributed by atoms with Gasteiger partial charge >= 0.3 is 24.7 Å². The molecule has 240 valence electrons. The summed E-state index contributed by atoms with van der Waals surface area (Å²) in [4.78, 5) is 4.87. The Morgan fingerprint density at radius 1 is 0.458 bits per heavy atom. The molecule has 2 aromatic heterocycles. The SMILES string of the molecule is N#C/C(c1cc(C(F)(F)F)nc(C(F)(F)F)c1C#N)=c1/cc(C#N)/c(=C(/C#N)c2cc(C(F)(F)F)nc(C(F)(F)F)c2C#N)cc1C#N. The zero-order valence-electron chi connectivity index (χ0n) is 22.4. The lowest BCUT2D eigenvalue weighted by Crippen LogP contribution is -2.24. The van der Waals surface area contributed by atoms with Gasteiger partial charge in [-0.25, -0.2) is 9.97 Å². The first kappa shape index (κ1) is 35.8. The van der Waals surface area contributed by atoms with Crippen LogP contribution >= 0.6 is 0 Å². The lowest BCUT2D eigenvalue weighted by molar-refractivity contribution is -0.151. The molecule has 3 rings (SSSR count). The third-order valence-electron chi connectivity index (χ3n) is 6.08. The van der Waals surface area contributed by atoms with E-state index < -0.39 is 102 Å². The predicted molar refractivity (Wildman–Crippen MR) is 129 cm³/mol. The van der Waals surface area contributed by atoms with E-state index in [-0.39, 0.29) is 12.1 Å². The van der Waals surface area contributed by atoms with Crippen molar-refractivity contribution < 1.29 is 52.7 Å². The summed E-state index contributed by atoms with van der Waals surface area (Å²) in [6, 6.07) is 7.64. The van der Waals surface area contributed by atoms with Gasteiger partial charge in [0.1, 0.15) is 35.7 Å². The summed E-state index contributed by atoms with van der Waals surface area (Å²) in [5.41, 5.74) is -19.7. The number of benzene rings is 1. The largest absolute Gasteiger partial charge is 0.434 e. The van der Waals surface area contributed by atoms with E-state index in [1.165, 1.54) is 24.3 Å². The quantitative estimate of drug-likeness (QED) is 0.321. The third kappa shape index (κ3) is 6.64. The van der Waals surface area contributed by atoms with Crippen LogP contribution in [0.2, 0.25) is 0 Å². The molecule has 8 nitrogen and oxygen atoms in total. The van der Waals surface area contributed by atoms with Gasteiger partial charge in [-0.05, 0) is 24.3 Å². The van der Waals surface area contributed by atoms with Crippen LogP contribution in [0.1, 0.15) is 56.2 Å². The Kier molecular flexibility index (Phi) is 9.17. The summed E-state index contributed by atoms with van der Waals surface area (Å²) >= 11 is 0.